The maximum absolute atomic E-state index is 11.0. The van der Waals surface area contributed by atoms with Gasteiger partial charge in [-0.15, -0.1) is 0 Å². The predicted molar refractivity (Wildman–Crippen MR) is 80.6 cm³/mol. The van der Waals surface area contributed by atoms with Crippen LogP contribution in [0.15, 0.2) is 24.3 Å². The second-order valence-corrected chi connectivity index (χ2v) is 5.81. The van der Waals surface area contributed by atoms with Gasteiger partial charge in [-0.05, 0) is 25.7 Å². The first-order valence-electron chi connectivity index (χ1n) is 7.64. The number of nitro benzene ring substituents is 1. The van der Waals surface area contributed by atoms with Crippen molar-refractivity contribution in [2.45, 2.75) is 58.0 Å². The van der Waals surface area contributed by atoms with Crippen molar-refractivity contribution in [3.63, 3.8) is 0 Å². The number of hydrogen-bond donors (Lipinski definition) is 1. The van der Waals surface area contributed by atoms with E-state index < -0.39 is 0 Å². The second kappa shape index (κ2) is 7.39. The summed E-state index contributed by atoms with van der Waals surface area (Å²) < 4.78 is 0. The molecular formula is C16H24N2O2. The molecule has 0 bridgehead atoms. The van der Waals surface area contributed by atoms with Crippen LogP contribution in [0.5, 0.6) is 0 Å². The lowest BCUT2D eigenvalue weighted by molar-refractivity contribution is -0.385. The van der Waals surface area contributed by atoms with Gasteiger partial charge < -0.3 is 5.32 Å². The van der Waals surface area contributed by atoms with Gasteiger partial charge in [-0.3, -0.25) is 10.1 Å². The maximum Gasteiger partial charge on any atom is 0.273 e. The zero-order valence-corrected chi connectivity index (χ0v) is 12.2. The topological polar surface area (TPSA) is 55.2 Å². The van der Waals surface area contributed by atoms with Crippen LogP contribution >= 0.6 is 0 Å². The summed E-state index contributed by atoms with van der Waals surface area (Å²) in [6.07, 6.45) is 7.92. The Labute approximate surface area is 120 Å². The molecule has 110 valence electrons. The monoisotopic (exact) mass is 276 g/mol. The number of para-hydroxylation sites is 1. The molecule has 2 rings (SSSR count). The molecule has 0 radical (unpaired) electrons. The molecule has 0 spiro atoms. The van der Waals surface area contributed by atoms with Gasteiger partial charge in [0.2, 0.25) is 0 Å². The Bertz CT molecular complexity index is 440. The van der Waals surface area contributed by atoms with Crippen molar-refractivity contribution < 1.29 is 4.92 Å². The van der Waals surface area contributed by atoms with Crippen LogP contribution in [-0.2, 0) is 6.54 Å². The molecule has 0 amide bonds. The molecule has 1 aromatic rings. The van der Waals surface area contributed by atoms with Gasteiger partial charge in [0, 0.05) is 24.2 Å². The van der Waals surface area contributed by atoms with E-state index in [1.807, 2.05) is 12.1 Å². The Morgan fingerprint density at radius 1 is 1.25 bits per heavy atom. The van der Waals surface area contributed by atoms with Crippen LogP contribution in [0.1, 0.15) is 51.0 Å². The lowest BCUT2D eigenvalue weighted by Gasteiger charge is -2.23. The number of rotatable bonds is 5. The van der Waals surface area contributed by atoms with E-state index >= 15 is 0 Å². The van der Waals surface area contributed by atoms with Crippen LogP contribution in [0.4, 0.5) is 5.69 Å². The summed E-state index contributed by atoms with van der Waals surface area (Å²) in [5.41, 5.74) is 0.992. The second-order valence-electron chi connectivity index (χ2n) is 5.81. The van der Waals surface area contributed by atoms with E-state index in [1.165, 1.54) is 38.5 Å². The average Bonchev–Trinajstić information content (AvgIpc) is 2.74. The van der Waals surface area contributed by atoms with E-state index in [2.05, 4.69) is 12.2 Å². The highest BCUT2D eigenvalue weighted by molar-refractivity contribution is 5.39. The Morgan fingerprint density at radius 3 is 2.55 bits per heavy atom. The lowest BCUT2D eigenvalue weighted by Crippen LogP contribution is -2.33. The third kappa shape index (κ3) is 4.04. The van der Waals surface area contributed by atoms with Gasteiger partial charge in [-0.25, -0.2) is 0 Å². The van der Waals surface area contributed by atoms with Crippen molar-refractivity contribution in [1.29, 1.82) is 0 Å². The van der Waals surface area contributed by atoms with Crippen molar-refractivity contribution >= 4 is 5.69 Å². The highest BCUT2D eigenvalue weighted by atomic mass is 16.6. The first-order valence-corrected chi connectivity index (χ1v) is 7.64. The first-order chi connectivity index (χ1) is 9.68. The highest BCUT2D eigenvalue weighted by Gasteiger charge is 2.20. The molecule has 1 atom stereocenters. The zero-order valence-electron chi connectivity index (χ0n) is 12.2. The maximum atomic E-state index is 11.0. The molecule has 0 saturated heterocycles. The molecular weight excluding hydrogens is 252 g/mol. The predicted octanol–water partition coefficient (Wildman–Crippen LogP) is 4.04. The van der Waals surface area contributed by atoms with Crippen LogP contribution in [-0.4, -0.2) is 11.0 Å². The van der Waals surface area contributed by atoms with Crippen LogP contribution in [0.2, 0.25) is 0 Å². The molecule has 1 saturated carbocycles. The third-order valence-corrected chi connectivity index (χ3v) is 4.41. The van der Waals surface area contributed by atoms with E-state index in [4.69, 9.17) is 0 Å². The van der Waals surface area contributed by atoms with Crippen LogP contribution in [0.3, 0.4) is 0 Å². The lowest BCUT2D eigenvalue weighted by atomic mass is 9.93. The standard InChI is InChI=1S/C16H24N2O2/c1-13(14-8-4-2-3-5-9-14)17-12-15-10-6-7-11-16(15)18(19)20/h6-7,10-11,13-14,17H,2-5,8-9,12H2,1H3/t13-/m1/s1. The minimum atomic E-state index is -0.298. The fourth-order valence-electron chi connectivity index (χ4n) is 3.09. The molecule has 0 aliphatic heterocycles. The van der Waals surface area contributed by atoms with Crippen molar-refractivity contribution in [3.8, 4) is 0 Å². The SMILES string of the molecule is C[C@@H](NCc1ccccc1[N+](=O)[O-])C1CCCCCC1. The average molecular weight is 276 g/mol. The minimum absolute atomic E-state index is 0.216. The van der Waals surface area contributed by atoms with E-state index in [0.29, 0.717) is 18.5 Å². The summed E-state index contributed by atoms with van der Waals surface area (Å²) in [5, 5.41) is 14.5. The molecule has 1 N–H and O–H groups in total. The van der Waals surface area contributed by atoms with Crippen LogP contribution < -0.4 is 5.32 Å². The summed E-state index contributed by atoms with van der Waals surface area (Å²) in [6, 6.07) is 7.42. The fraction of sp³-hybridized carbons (Fsp3) is 0.625. The molecule has 1 aromatic carbocycles. The molecule has 0 heterocycles. The molecule has 1 fully saturated rings. The molecule has 4 nitrogen and oxygen atoms in total. The normalized spacial score (nSPS) is 18.4. The van der Waals surface area contributed by atoms with Gasteiger partial charge in [-0.2, -0.15) is 0 Å². The van der Waals surface area contributed by atoms with E-state index in [0.717, 1.165) is 5.56 Å². The number of nitro groups is 1. The van der Waals surface area contributed by atoms with E-state index in [9.17, 15) is 10.1 Å². The van der Waals surface area contributed by atoms with Crippen molar-refractivity contribution in [2.24, 2.45) is 5.92 Å². The molecule has 4 heteroatoms. The molecule has 1 aliphatic rings. The smallest absolute Gasteiger partial charge is 0.273 e. The van der Waals surface area contributed by atoms with Crippen LogP contribution in [0.25, 0.3) is 0 Å². The fourth-order valence-corrected chi connectivity index (χ4v) is 3.09. The Kier molecular flexibility index (Phi) is 5.53. The number of benzene rings is 1. The van der Waals surface area contributed by atoms with Crippen molar-refractivity contribution in [1.82, 2.24) is 5.32 Å². The first kappa shape index (κ1) is 15.0. The summed E-state index contributed by atoms with van der Waals surface area (Å²) in [7, 11) is 0. The van der Waals surface area contributed by atoms with Gasteiger partial charge in [0.05, 0.1) is 4.92 Å². The minimum Gasteiger partial charge on any atom is -0.310 e. The third-order valence-electron chi connectivity index (χ3n) is 4.41. The number of nitrogens with one attached hydrogen (secondary N) is 1. The number of nitrogens with zero attached hydrogens (tertiary/aromatic N) is 1. The Morgan fingerprint density at radius 2 is 1.90 bits per heavy atom. The molecule has 0 aromatic heterocycles. The Hall–Kier alpha value is -1.42. The van der Waals surface area contributed by atoms with Gasteiger partial charge >= 0.3 is 0 Å². The van der Waals surface area contributed by atoms with Gasteiger partial charge in [0.15, 0.2) is 0 Å². The highest BCUT2D eigenvalue weighted by Crippen LogP contribution is 2.26. The summed E-state index contributed by atoms with van der Waals surface area (Å²) in [4.78, 5) is 10.7. The van der Waals surface area contributed by atoms with Gasteiger partial charge in [0.25, 0.3) is 5.69 Å². The quantitative estimate of drug-likeness (QED) is 0.501. The largest absolute Gasteiger partial charge is 0.310 e. The van der Waals surface area contributed by atoms with Crippen LogP contribution in [0, 0.1) is 16.0 Å². The van der Waals surface area contributed by atoms with Gasteiger partial charge in [-0.1, -0.05) is 43.9 Å². The van der Waals surface area contributed by atoms with E-state index in [1.54, 1.807) is 12.1 Å². The number of hydrogen-bond acceptors (Lipinski definition) is 3. The van der Waals surface area contributed by atoms with Crippen molar-refractivity contribution in [3.05, 3.63) is 39.9 Å². The zero-order chi connectivity index (χ0) is 14.4. The van der Waals surface area contributed by atoms with Gasteiger partial charge in [0.1, 0.15) is 0 Å². The summed E-state index contributed by atoms with van der Waals surface area (Å²) in [5.74, 6) is 0.709. The molecule has 0 unspecified atom stereocenters. The summed E-state index contributed by atoms with van der Waals surface area (Å²) >= 11 is 0. The molecule has 1 aliphatic carbocycles. The molecule has 20 heavy (non-hydrogen) atoms. The Balaban J connectivity index is 1.92. The summed E-state index contributed by atoms with van der Waals surface area (Å²) in [6.45, 7) is 2.79. The van der Waals surface area contributed by atoms with Crippen molar-refractivity contribution in [2.75, 3.05) is 0 Å². The van der Waals surface area contributed by atoms with E-state index in [-0.39, 0.29) is 10.6 Å².